The molecule has 4 N–H and O–H groups in total. The Morgan fingerprint density at radius 2 is 1.00 bits per heavy atom. The fourth-order valence-electron chi connectivity index (χ4n) is 2.15. The predicted octanol–water partition coefficient (Wildman–Crippen LogP) is -2.07. The molecule has 0 spiro atoms. The molecule has 0 aliphatic rings. The Morgan fingerprint density at radius 1 is 0.667 bits per heavy atom. The first-order valence-electron chi connectivity index (χ1n) is 7.63. The van der Waals surface area contributed by atoms with E-state index in [1.807, 2.05) is 0 Å². The van der Waals surface area contributed by atoms with Crippen LogP contribution in [0.25, 0.3) is 0 Å². The maximum absolute atomic E-state index is 11.7. The molecule has 152 valence electrons. The molecule has 0 aliphatic carbocycles. The van der Waals surface area contributed by atoms with Crippen LogP contribution < -0.4 is 45.3 Å². The van der Waals surface area contributed by atoms with Gasteiger partial charge in [-0.05, 0) is 48.5 Å². The van der Waals surface area contributed by atoms with Gasteiger partial charge in [-0.25, -0.2) is 9.97 Å². The maximum Gasteiger partial charge on any atom is 1.00 e. The van der Waals surface area contributed by atoms with Crippen LogP contribution in [0.15, 0.2) is 58.3 Å². The van der Waals surface area contributed by atoms with Crippen molar-refractivity contribution >= 4 is 43.5 Å². The third kappa shape index (κ3) is 6.33. The number of nitrogens with zero attached hydrogens (tertiary/aromatic N) is 3. The normalized spacial score (nSPS) is 11.4. The van der Waals surface area contributed by atoms with Crippen molar-refractivity contribution in [2.75, 3.05) is 10.6 Å². The molecule has 15 heteroatoms. The molecule has 0 saturated carbocycles. The number of hydrogen-bond donors (Lipinski definition) is 4. The molecule has 2 aromatic carbocycles. The Labute approximate surface area is 193 Å². The van der Waals surface area contributed by atoms with Crippen LogP contribution in [-0.4, -0.2) is 40.9 Å². The fraction of sp³-hybridized carbons (Fsp3) is 0. The van der Waals surface area contributed by atoms with Crippen LogP contribution in [0, 0.1) is 0 Å². The number of nitrogens with one attached hydrogen (secondary N) is 2. The van der Waals surface area contributed by atoms with Crippen molar-refractivity contribution in [2.45, 2.75) is 9.79 Å². The van der Waals surface area contributed by atoms with Gasteiger partial charge in [-0.2, -0.15) is 21.8 Å². The summed E-state index contributed by atoms with van der Waals surface area (Å²) in [6, 6.07) is 9.04. The van der Waals surface area contributed by atoms with E-state index in [4.69, 9.17) is 9.11 Å². The van der Waals surface area contributed by atoms with Crippen LogP contribution in [0.1, 0.15) is 0 Å². The van der Waals surface area contributed by atoms with E-state index >= 15 is 0 Å². The molecule has 0 unspecified atom stereocenters. The van der Waals surface area contributed by atoms with Crippen LogP contribution in [0.2, 0.25) is 0 Å². The number of rotatable bonds is 6. The van der Waals surface area contributed by atoms with Gasteiger partial charge in [0.1, 0.15) is 0 Å². The number of aromatic nitrogens is 3. The van der Waals surface area contributed by atoms with E-state index in [-0.39, 0.29) is 51.2 Å². The zero-order valence-electron chi connectivity index (χ0n) is 15.2. The van der Waals surface area contributed by atoms with E-state index in [2.05, 4.69) is 25.6 Å². The summed E-state index contributed by atoms with van der Waals surface area (Å²) in [5, 5.41) is 17.1. The molecule has 3 rings (SSSR count). The molecular formula is C15H12N5NaO7S2. The van der Waals surface area contributed by atoms with Gasteiger partial charge >= 0.3 is 29.6 Å². The van der Waals surface area contributed by atoms with Gasteiger partial charge in [-0.15, -0.1) is 0 Å². The molecule has 3 aromatic rings. The topological polar surface area (TPSA) is 195 Å². The van der Waals surface area contributed by atoms with E-state index in [1.165, 1.54) is 24.3 Å². The first-order valence-corrected chi connectivity index (χ1v) is 10.5. The molecule has 0 bridgehead atoms. The molecule has 0 amide bonds. The predicted molar refractivity (Wildman–Crippen MR) is 98.4 cm³/mol. The minimum absolute atomic E-state index is 0. The van der Waals surface area contributed by atoms with E-state index in [9.17, 15) is 21.9 Å². The molecule has 0 atom stereocenters. The molecule has 0 saturated heterocycles. The molecule has 0 aliphatic heterocycles. The minimum Gasteiger partial charge on any atom is -0.844 e. The van der Waals surface area contributed by atoms with Crippen LogP contribution in [0.5, 0.6) is 6.01 Å². The third-order valence-electron chi connectivity index (χ3n) is 3.43. The van der Waals surface area contributed by atoms with Crippen molar-refractivity contribution in [1.82, 2.24) is 15.0 Å². The first-order chi connectivity index (χ1) is 13.5. The van der Waals surface area contributed by atoms with Crippen molar-refractivity contribution < 1.29 is 60.6 Å². The van der Waals surface area contributed by atoms with E-state index < -0.39 is 26.2 Å². The number of benzene rings is 2. The van der Waals surface area contributed by atoms with E-state index in [1.54, 1.807) is 0 Å². The molecule has 0 radical (unpaired) electrons. The van der Waals surface area contributed by atoms with Crippen molar-refractivity contribution in [3.8, 4) is 6.01 Å². The van der Waals surface area contributed by atoms with Gasteiger partial charge in [0.2, 0.25) is 11.9 Å². The SMILES string of the molecule is O=S(=O)(O)c1ccc(Nc2nc([O-])nc(Nc3ccc(S(=O)(=O)O)cc3)n2)cc1.[Na+]. The van der Waals surface area contributed by atoms with Crippen LogP contribution >= 0.6 is 0 Å². The molecule has 12 nitrogen and oxygen atoms in total. The second kappa shape index (κ2) is 9.22. The Kier molecular flexibility index (Phi) is 7.36. The van der Waals surface area contributed by atoms with Gasteiger partial charge in [0.25, 0.3) is 20.2 Å². The summed E-state index contributed by atoms with van der Waals surface area (Å²) in [6.45, 7) is 0. The van der Waals surface area contributed by atoms with E-state index in [0.717, 1.165) is 24.3 Å². The molecule has 30 heavy (non-hydrogen) atoms. The van der Waals surface area contributed by atoms with Crippen LogP contribution in [0.3, 0.4) is 0 Å². The Bertz CT molecular complexity index is 1160. The van der Waals surface area contributed by atoms with Gasteiger partial charge < -0.3 is 15.7 Å². The van der Waals surface area contributed by atoms with Gasteiger partial charge in [0.05, 0.1) is 15.8 Å². The molecule has 0 fully saturated rings. The monoisotopic (exact) mass is 461 g/mol. The second-order valence-corrected chi connectivity index (χ2v) is 8.36. The summed E-state index contributed by atoms with van der Waals surface area (Å²) in [4.78, 5) is 10.5. The van der Waals surface area contributed by atoms with Gasteiger partial charge in [0, 0.05) is 11.4 Å². The van der Waals surface area contributed by atoms with Crippen molar-refractivity contribution in [1.29, 1.82) is 0 Å². The largest absolute Gasteiger partial charge is 1.00 e. The van der Waals surface area contributed by atoms with Gasteiger partial charge in [0.15, 0.2) is 0 Å². The van der Waals surface area contributed by atoms with Gasteiger partial charge in [-0.3, -0.25) is 9.11 Å². The fourth-order valence-corrected chi connectivity index (χ4v) is 3.11. The molecular weight excluding hydrogens is 449 g/mol. The summed E-state index contributed by atoms with van der Waals surface area (Å²) in [5.41, 5.74) is 0.679. The summed E-state index contributed by atoms with van der Waals surface area (Å²) < 4.78 is 62.1. The second-order valence-electron chi connectivity index (χ2n) is 5.51. The summed E-state index contributed by atoms with van der Waals surface area (Å²) in [5.74, 6) is -0.275. The summed E-state index contributed by atoms with van der Waals surface area (Å²) >= 11 is 0. The minimum atomic E-state index is -4.34. The molecule has 1 aromatic heterocycles. The third-order valence-corrected chi connectivity index (χ3v) is 5.17. The molecule has 1 heterocycles. The number of hydrogen-bond acceptors (Lipinski definition) is 10. The first kappa shape index (κ1) is 23.9. The van der Waals surface area contributed by atoms with Crippen LogP contribution in [-0.2, 0) is 20.2 Å². The zero-order valence-corrected chi connectivity index (χ0v) is 18.8. The maximum atomic E-state index is 11.7. The van der Waals surface area contributed by atoms with Crippen LogP contribution in [0.4, 0.5) is 23.3 Å². The van der Waals surface area contributed by atoms with Gasteiger partial charge in [-0.1, -0.05) is 0 Å². The van der Waals surface area contributed by atoms with Crippen molar-refractivity contribution in [3.05, 3.63) is 48.5 Å². The average Bonchev–Trinajstić information content (AvgIpc) is 2.60. The smallest absolute Gasteiger partial charge is 0.844 e. The van der Waals surface area contributed by atoms with Crippen molar-refractivity contribution in [3.63, 3.8) is 0 Å². The zero-order chi connectivity index (χ0) is 21.2. The van der Waals surface area contributed by atoms with Crippen molar-refractivity contribution in [2.24, 2.45) is 0 Å². The average molecular weight is 461 g/mol. The van der Waals surface area contributed by atoms with E-state index in [0.29, 0.717) is 11.4 Å². The standard InChI is InChI=1S/C15H13N5O7S2.Na/c21-15-19-13(16-9-1-5-11(6-2-9)28(22,23)24)18-14(20-15)17-10-3-7-12(8-4-10)29(25,26)27;/h1-8H,(H,22,23,24)(H,25,26,27)(H3,16,17,18,19,20,21);/q;+1/p-1. The summed E-state index contributed by atoms with van der Waals surface area (Å²) in [7, 11) is -8.67. The quantitative estimate of drug-likeness (QED) is 0.232. The number of anilines is 4. The summed E-state index contributed by atoms with van der Waals surface area (Å²) in [6.07, 6.45) is 0. The Balaban J connectivity index is 0.00000320. The Morgan fingerprint density at radius 3 is 1.30 bits per heavy atom. The Hall–Kier alpha value is -2.33.